The van der Waals surface area contributed by atoms with Crippen LogP contribution in [0.1, 0.15) is 72.4 Å². The van der Waals surface area contributed by atoms with Crippen molar-refractivity contribution < 1.29 is 14.6 Å². The van der Waals surface area contributed by atoms with Crippen LogP contribution in [0.2, 0.25) is 0 Å². The highest BCUT2D eigenvalue weighted by atomic mass is 16.5. The molecule has 1 aliphatic carbocycles. The lowest BCUT2D eigenvalue weighted by molar-refractivity contribution is 0.0652. The van der Waals surface area contributed by atoms with Gasteiger partial charge in [-0.2, -0.15) is 0 Å². The quantitative estimate of drug-likeness (QED) is 0.483. The predicted molar refractivity (Wildman–Crippen MR) is 135 cm³/mol. The molecule has 4 rings (SSSR count). The summed E-state index contributed by atoms with van der Waals surface area (Å²) < 4.78 is 5.90. The van der Waals surface area contributed by atoms with Gasteiger partial charge in [-0.05, 0) is 43.7 Å². The molecule has 2 atom stereocenters. The summed E-state index contributed by atoms with van der Waals surface area (Å²) in [7, 11) is 0. The third-order valence-electron chi connectivity index (χ3n) is 6.64. The number of hydrogen-bond donors (Lipinski definition) is 2. The lowest BCUT2D eigenvalue weighted by Crippen LogP contribution is -2.40. The Morgan fingerprint density at radius 1 is 1.09 bits per heavy atom. The van der Waals surface area contributed by atoms with E-state index >= 15 is 0 Å². The average molecular weight is 476 g/mol. The number of hydrogen-bond acceptors (Lipinski definition) is 5. The number of nitrogens with zero attached hydrogens (tertiary/aromatic N) is 2. The van der Waals surface area contributed by atoms with Gasteiger partial charge in [0.15, 0.2) is 5.69 Å². The number of aliphatic hydroxyl groups excluding tert-OH is 1. The summed E-state index contributed by atoms with van der Waals surface area (Å²) in [6.07, 6.45) is 2.90. The molecule has 7 heteroatoms. The molecule has 1 aliphatic rings. The number of ether oxygens (including phenoxy) is 1. The maximum Gasteiger partial charge on any atom is 0.294 e. The molecule has 1 fully saturated rings. The predicted octanol–water partition coefficient (Wildman–Crippen LogP) is 4.24. The van der Waals surface area contributed by atoms with Gasteiger partial charge in [-0.1, -0.05) is 67.1 Å². The minimum Gasteiger partial charge on any atom is -0.481 e. The number of benzene rings is 2. The SMILES string of the molecule is CC(C)N(CCO)C(=O)c1nc([C@@H]2CCCC2c2ccccc2)[nH]c(=O)c1OCc1ccccc1. The summed E-state index contributed by atoms with van der Waals surface area (Å²) in [5.74, 6) is 0.242. The number of carbonyl (C=O) groups excluding carboxylic acids is 1. The van der Waals surface area contributed by atoms with Crippen LogP contribution in [0.15, 0.2) is 65.5 Å². The van der Waals surface area contributed by atoms with E-state index in [4.69, 9.17) is 9.72 Å². The van der Waals surface area contributed by atoms with Gasteiger partial charge >= 0.3 is 0 Å². The van der Waals surface area contributed by atoms with Gasteiger partial charge in [0.25, 0.3) is 11.5 Å². The van der Waals surface area contributed by atoms with E-state index in [1.807, 2.05) is 62.4 Å². The molecular weight excluding hydrogens is 442 g/mol. The van der Waals surface area contributed by atoms with E-state index in [2.05, 4.69) is 17.1 Å². The first-order valence-corrected chi connectivity index (χ1v) is 12.3. The third-order valence-corrected chi connectivity index (χ3v) is 6.64. The van der Waals surface area contributed by atoms with Crippen LogP contribution in [0.25, 0.3) is 0 Å². The molecule has 7 nitrogen and oxygen atoms in total. The Morgan fingerprint density at radius 3 is 2.40 bits per heavy atom. The Bertz CT molecular complexity index is 1180. The largest absolute Gasteiger partial charge is 0.481 e. The zero-order valence-electron chi connectivity index (χ0n) is 20.3. The molecule has 1 amide bonds. The zero-order valence-corrected chi connectivity index (χ0v) is 20.3. The molecule has 2 aromatic carbocycles. The Hall–Kier alpha value is -3.45. The Morgan fingerprint density at radius 2 is 1.74 bits per heavy atom. The minimum atomic E-state index is -0.458. The first kappa shape index (κ1) is 24.7. The molecule has 1 saturated carbocycles. The van der Waals surface area contributed by atoms with Crippen molar-refractivity contribution in [1.82, 2.24) is 14.9 Å². The Labute approximate surface area is 205 Å². The Balaban J connectivity index is 1.74. The lowest BCUT2D eigenvalue weighted by atomic mass is 9.88. The van der Waals surface area contributed by atoms with E-state index in [9.17, 15) is 14.7 Å². The summed E-state index contributed by atoms with van der Waals surface area (Å²) >= 11 is 0. The van der Waals surface area contributed by atoms with Gasteiger partial charge in [-0.25, -0.2) is 4.98 Å². The van der Waals surface area contributed by atoms with Gasteiger partial charge in [-0.15, -0.1) is 0 Å². The van der Waals surface area contributed by atoms with Crippen LogP contribution < -0.4 is 10.3 Å². The molecule has 0 radical (unpaired) electrons. The average Bonchev–Trinajstić information content (AvgIpc) is 3.37. The van der Waals surface area contributed by atoms with Crippen molar-refractivity contribution >= 4 is 5.91 Å². The van der Waals surface area contributed by atoms with Crippen LogP contribution in [-0.2, 0) is 6.61 Å². The van der Waals surface area contributed by atoms with Crippen molar-refractivity contribution in [2.24, 2.45) is 0 Å². The van der Waals surface area contributed by atoms with Crippen molar-refractivity contribution in [1.29, 1.82) is 0 Å². The first-order valence-electron chi connectivity index (χ1n) is 12.3. The number of rotatable bonds is 9. The van der Waals surface area contributed by atoms with Gasteiger partial charge < -0.3 is 19.7 Å². The maximum absolute atomic E-state index is 13.6. The highest BCUT2D eigenvalue weighted by Crippen LogP contribution is 2.44. The van der Waals surface area contributed by atoms with E-state index in [0.717, 1.165) is 24.8 Å². The normalized spacial score (nSPS) is 17.5. The molecule has 0 aliphatic heterocycles. The van der Waals surface area contributed by atoms with Crippen molar-refractivity contribution in [2.75, 3.05) is 13.2 Å². The fourth-order valence-corrected chi connectivity index (χ4v) is 4.89. The van der Waals surface area contributed by atoms with Gasteiger partial charge in [0.1, 0.15) is 12.4 Å². The molecule has 0 bridgehead atoms. The lowest BCUT2D eigenvalue weighted by Gasteiger charge is -2.27. The second kappa shape index (κ2) is 11.3. The molecule has 35 heavy (non-hydrogen) atoms. The van der Waals surface area contributed by atoms with Gasteiger partial charge in [0.05, 0.1) is 6.61 Å². The number of aromatic amines is 1. The fraction of sp³-hybridized carbons (Fsp3) is 0.393. The second-order valence-electron chi connectivity index (χ2n) is 9.27. The van der Waals surface area contributed by atoms with E-state index in [-0.39, 0.29) is 49.1 Å². The topological polar surface area (TPSA) is 95.5 Å². The van der Waals surface area contributed by atoms with Crippen LogP contribution in [0.4, 0.5) is 0 Å². The molecule has 2 N–H and O–H groups in total. The smallest absolute Gasteiger partial charge is 0.294 e. The van der Waals surface area contributed by atoms with Gasteiger partial charge in [-0.3, -0.25) is 9.59 Å². The second-order valence-corrected chi connectivity index (χ2v) is 9.27. The standard InChI is InChI=1S/C28H33N3O4/c1-19(2)31(16-17-32)28(34)24-25(35-18-20-10-5-3-6-11-20)27(33)30-26(29-24)23-15-9-14-22(23)21-12-7-4-8-13-21/h3-8,10-13,19,22-23,32H,9,14-18H2,1-2H3,(H,29,30,33)/t22?,23-/m1/s1. The van der Waals surface area contributed by atoms with Crippen LogP contribution >= 0.6 is 0 Å². The molecular formula is C28H33N3O4. The maximum atomic E-state index is 13.6. The molecule has 1 unspecified atom stereocenters. The molecule has 3 aromatic rings. The third kappa shape index (κ3) is 5.62. The molecule has 184 valence electrons. The number of aromatic nitrogens is 2. The molecule has 1 aromatic heterocycles. The number of carbonyl (C=O) groups is 1. The molecule has 0 spiro atoms. The minimum absolute atomic E-state index is 0.000503. The number of nitrogens with one attached hydrogen (secondary N) is 1. The zero-order chi connectivity index (χ0) is 24.8. The van der Waals surface area contributed by atoms with Crippen molar-refractivity contribution in [3.05, 3.63) is 93.7 Å². The van der Waals surface area contributed by atoms with Gasteiger partial charge in [0.2, 0.25) is 5.75 Å². The van der Waals surface area contributed by atoms with Crippen molar-refractivity contribution in [3.63, 3.8) is 0 Å². The van der Waals surface area contributed by atoms with Crippen molar-refractivity contribution in [3.8, 4) is 5.75 Å². The summed E-state index contributed by atoms with van der Waals surface area (Å²) in [6.45, 7) is 3.85. The fourth-order valence-electron chi connectivity index (χ4n) is 4.89. The number of H-pyrrole nitrogens is 1. The summed E-state index contributed by atoms with van der Waals surface area (Å²) in [5.41, 5.74) is 1.63. The molecule has 1 heterocycles. The molecule has 0 saturated heterocycles. The van der Waals surface area contributed by atoms with E-state index in [1.54, 1.807) is 0 Å². The summed E-state index contributed by atoms with van der Waals surface area (Å²) in [5, 5.41) is 9.53. The summed E-state index contributed by atoms with van der Waals surface area (Å²) in [6, 6.07) is 19.5. The van der Waals surface area contributed by atoms with Crippen LogP contribution in [0, 0.1) is 0 Å². The number of aliphatic hydroxyl groups is 1. The number of amides is 1. The van der Waals surface area contributed by atoms with Gasteiger partial charge in [0, 0.05) is 18.5 Å². The van der Waals surface area contributed by atoms with Crippen LogP contribution in [-0.4, -0.2) is 45.1 Å². The first-order chi connectivity index (χ1) is 17.0. The Kier molecular flexibility index (Phi) is 7.98. The van der Waals surface area contributed by atoms with E-state index in [0.29, 0.717) is 5.82 Å². The highest BCUT2D eigenvalue weighted by molar-refractivity contribution is 5.95. The van der Waals surface area contributed by atoms with Crippen LogP contribution in [0.3, 0.4) is 0 Å². The van der Waals surface area contributed by atoms with E-state index < -0.39 is 11.5 Å². The highest BCUT2D eigenvalue weighted by Gasteiger charge is 2.34. The monoisotopic (exact) mass is 475 g/mol. The van der Waals surface area contributed by atoms with E-state index in [1.165, 1.54) is 10.5 Å². The van der Waals surface area contributed by atoms with Crippen LogP contribution in [0.5, 0.6) is 5.75 Å². The van der Waals surface area contributed by atoms with Crippen molar-refractivity contribution in [2.45, 2.75) is 57.6 Å². The summed E-state index contributed by atoms with van der Waals surface area (Å²) in [4.78, 5) is 36.1.